The molecule has 1 aliphatic rings. The largest absolute Gasteiger partial charge is 0.407 e. The van der Waals surface area contributed by atoms with Crippen LogP contribution in [0, 0.1) is 11.8 Å². The molecule has 0 aliphatic carbocycles. The summed E-state index contributed by atoms with van der Waals surface area (Å²) in [6, 6.07) is 21.3. The Morgan fingerprint density at radius 2 is 1.42 bits per heavy atom. The number of benzene rings is 2. The van der Waals surface area contributed by atoms with Gasteiger partial charge in [-0.25, -0.2) is 0 Å². The molecule has 5 heteroatoms. The van der Waals surface area contributed by atoms with Crippen LogP contribution in [0.1, 0.15) is 41.0 Å². The van der Waals surface area contributed by atoms with Crippen LogP contribution in [0.25, 0.3) is 0 Å². The molecule has 1 aliphatic heterocycles. The van der Waals surface area contributed by atoms with Gasteiger partial charge in [0.05, 0.1) is 12.2 Å². The average Bonchev–Trinajstić information content (AvgIpc) is 2.77. The smallest absolute Gasteiger partial charge is 0.261 e. The van der Waals surface area contributed by atoms with Crippen molar-refractivity contribution in [3.8, 4) is 0 Å². The van der Waals surface area contributed by atoms with Crippen molar-refractivity contribution in [3.05, 3.63) is 60.7 Å². The summed E-state index contributed by atoms with van der Waals surface area (Å²) >= 11 is 0. The zero-order valence-corrected chi connectivity index (χ0v) is 20.7. The predicted octanol–water partition coefficient (Wildman–Crippen LogP) is 3.96. The molecular formula is C26H38O4Si. The Morgan fingerprint density at radius 3 is 1.87 bits per heavy atom. The van der Waals surface area contributed by atoms with E-state index in [0.717, 1.165) is 6.42 Å². The molecule has 0 spiro atoms. The summed E-state index contributed by atoms with van der Waals surface area (Å²) < 4.78 is 18.7. The lowest BCUT2D eigenvalue weighted by Gasteiger charge is -2.44. The fourth-order valence-corrected chi connectivity index (χ4v) is 9.55. The van der Waals surface area contributed by atoms with Crippen molar-refractivity contribution in [2.45, 2.75) is 64.6 Å². The Bertz CT molecular complexity index is 764. The van der Waals surface area contributed by atoms with Crippen molar-refractivity contribution in [3.63, 3.8) is 0 Å². The monoisotopic (exact) mass is 442 g/mol. The first-order valence-corrected chi connectivity index (χ1v) is 13.2. The van der Waals surface area contributed by atoms with E-state index < -0.39 is 14.4 Å². The third-order valence-corrected chi connectivity index (χ3v) is 11.8. The van der Waals surface area contributed by atoms with Gasteiger partial charge >= 0.3 is 0 Å². The topological polar surface area (TPSA) is 47.9 Å². The predicted molar refractivity (Wildman–Crippen MR) is 128 cm³/mol. The number of aliphatic hydroxyl groups excluding tert-OH is 1. The van der Waals surface area contributed by atoms with E-state index in [1.54, 1.807) is 7.11 Å². The van der Waals surface area contributed by atoms with Gasteiger partial charge in [0.25, 0.3) is 8.32 Å². The second-order valence-electron chi connectivity index (χ2n) is 9.79. The summed E-state index contributed by atoms with van der Waals surface area (Å²) in [5.41, 5.74) is 0. The molecular weight excluding hydrogens is 404 g/mol. The third kappa shape index (κ3) is 4.81. The van der Waals surface area contributed by atoms with Gasteiger partial charge < -0.3 is 19.0 Å². The van der Waals surface area contributed by atoms with E-state index in [4.69, 9.17) is 13.9 Å². The maximum absolute atomic E-state index is 10.7. The molecule has 0 radical (unpaired) electrons. The molecule has 0 amide bonds. The van der Waals surface area contributed by atoms with Gasteiger partial charge in [-0.15, -0.1) is 0 Å². The fourth-order valence-electron chi connectivity index (χ4n) is 4.97. The summed E-state index contributed by atoms with van der Waals surface area (Å²) in [6.07, 6.45) is -0.218. The van der Waals surface area contributed by atoms with Gasteiger partial charge in [0, 0.05) is 25.6 Å². The van der Waals surface area contributed by atoms with Gasteiger partial charge in [0.1, 0.15) is 0 Å². The molecule has 2 aromatic rings. The van der Waals surface area contributed by atoms with Crippen LogP contribution in [0.15, 0.2) is 60.7 Å². The molecule has 1 N–H and O–H groups in total. The highest BCUT2D eigenvalue weighted by molar-refractivity contribution is 6.99. The minimum absolute atomic E-state index is 0.0316. The van der Waals surface area contributed by atoms with E-state index in [1.807, 2.05) is 6.92 Å². The van der Waals surface area contributed by atoms with Crippen LogP contribution in [0.3, 0.4) is 0 Å². The molecule has 1 fully saturated rings. The standard InChI is InChI=1S/C26H38O4Si/c1-19-23(30-25(28-6)20(2)24(19)27)17-18-29-31(26(3,4)5,21-13-9-7-10-14-21)22-15-11-8-12-16-22/h7-16,19-20,23-25,27H,17-18H2,1-6H3/t19-,20+,23+,24-,25+/m0/s1. The number of hydrogen-bond acceptors (Lipinski definition) is 4. The van der Waals surface area contributed by atoms with Crippen LogP contribution in [0.2, 0.25) is 5.04 Å². The highest BCUT2D eigenvalue weighted by Gasteiger charge is 2.50. The van der Waals surface area contributed by atoms with Crippen molar-refractivity contribution >= 4 is 18.7 Å². The number of rotatable bonds is 7. The molecule has 31 heavy (non-hydrogen) atoms. The zero-order valence-electron chi connectivity index (χ0n) is 19.7. The molecule has 1 heterocycles. The van der Waals surface area contributed by atoms with Crippen LogP contribution >= 0.6 is 0 Å². The van der Waals surface area contributed by atoms with Crippen molar-refractivity contribution in [1.82, 2.24) is 0 Å². The second kappa shape index (κ2) is 9.97. The number of aliphatic hydroxyl groups is 1. The van der Waals surface area contributed by atoms with Gasteiger partial charge in [-0.05, 0) is 21.8 Å². The van der Waals surface area contributed by atoms with E-state index in [1.165, 1.54) is 10.4 Å². The zero-order chi connectivity index (χ0) is 22.6. The number of ether oxygens (including phenoxy) is 2. The molecule has 2 aromatic carbocycles. The summed E-state index contributed by atoms with van der Waals surface area (Å²) in [4.78, 5) is 0. The Morgan fingerprint density at radius 1 is 0.903 bits per heavy atom. The maximum atomic E-state index is 10.7. The van der Waals surface area contributed by atoms with Gasteiger partial charge in [0.2, 0.25) is 0 Å². The Balaban J connectivity index is 1.88. The summed E-state index contributed by atoms with van der Waals surface area (Å²) in [5.74, 6) is -0.0157. The second-order valence-corrected chi connectivity index (χ2v) is 14.1. The quantitative estimate of drug-likeness (QED) is 0.660. The number of hydrogen-bond donors (Lipinski definition) is 1. The summed E-state index contributed by atoms with van der Waals surface area (Å²) in [6.45, 7) is 11.5. The van der Waals surface area contributed by atoms with Gasteiger partial charge in [-0.2, -0.15) is 0 Å². The lowest BCUT2D eigenvalue weighted by molar-refractivity contribution is -0.254. The Kier molecular flexibility index (Phi) is 7.76. The Hall–Kier alpha value is -1.50. The molecule has 5 atom stereocenters. The molecule has 0 unspecified atom stereocenters. The van der Waals surface area contributed by atoms with Gasteiger partial charge in [-0.3, -0.25) is 0 Å². The fraction of sp³-hybridized carbons (Fsp3) is 0.538. The molecule has 0 aromatic heterocycles. The van der Waals surface area contributed by atoms with E-state index in [0.29, 0.717) is 6.61 Å². The van der Waals surface area contributed by atoms with E-state index in [2.05, 4.69) is 88.4 Å². The minimum atomic E-state index is -2.56. The lowest BCUT2D eigenvalue weighted by Crippen LogP contribution is -2.66. The molecule has 1 saturated heterocycles. The van der Waals surface area contributed by atoms with Crippen LogP contribution in [-0.2, 0) is 13.9 Å². The summed E-state index contributed by atoms with van der Waals surface area (Å²) in [7, 11) is -0.922. The first-order valence-electron chi connectivity index (χ1n) is 11.3. The van der Waals surface area contributed by atoms with Gasteiger partial charge in [-0.1, -0.05) is 95.3 Å². The van der Waals surface area contributed by atoms with Crippen molar-refractivity contribution in [2.24, 2.45) is 11.8 Å². The first kappa shape index (κ1) is 24.1. The van der Waals surface area contributed by atoms with Crippen LogP contribution < -0.4 is 10.4 Å². The highest BCUT2D eigenvalue weighted by Crippen LogP contribution is 2.37. The molecule has 170 valence electrons. The van der Waals surface area contributed by atoms with E-state index in [-0.39, 0.29) is 29.3 Å². The van der Waals surface area contributed by atoms with Crippen LogP contribution in [-0.4, -0.2) is 45.6 Å². The van der Waals surface area contributed by atoms with Crippen molar-refractivity contribution < 1.29 is 19.0 Å². The first-order chi connectivity index (χ1) is 14.7. The van der Waals surface area contributed by atoms with E-state index in [9.17, 15) is 5.11 Å². The molecule has 0 bridgehead atoms. The average molecular weight is 443 g/mol. The normalized spacial score (nSPS) is 27.3. The Labute approximate surface area is 188 Å². The van der Waals surface area contributed by atoms with E-state index >= 15 is 0 Å². The summed E-state index contributed by atoms with van der Waals surface area (Å²) in [5, 5.41) is 13.2. The lowest BCUT2D eigenvalue weighted by atomic mass is 9.85. The minimum Gasteiger partial charge on any atom is -0.407 e. The highest BCUT2D eigenvalue weighted by atomic mass is 28.4. The molecule has 0 saturated carbocycles. The van der Waals surface area contributed by atoms with Crippen LogP contribution in [0.4, 0.5) is 0 Å². The van der Waals surface area contributed by atoms with Crippen LogP contribution in [0.5, 0.6) is 0 Å². The third-order valence-electron chi connectivity index (χ3n) is 6.77. The SMILES string of the molecule is CO[C@@H]1O[C@H](CCO[Si](c2ccccc2)(c2ccccc2)C(C)(C)C)[C@H](C)[C@H](O)[C@H]1C. The maximum Gasteiger partial charge on any atom is 0.261 e. The molecule has 4 nitrogen and oxygen atoms in total. The number of methoxy groups -OCH3 is 1. The van der Waals surface area contributed by atoms with Gasteiger partial charge in [0.15, 0.2) is 6.29 Å². The van der Waals surface area contributed by atoms with Crippen molar-refractivity contribution in [2.75, 3.05) is 13.7 Å². The molecule has 3 rings (SSSR count). The van der Waals surface area contributed by atoms with Crippen molar-refractivity contribution in [1.29, 1.82) is 0 Å².